The molecule has 2 nitrogen and oxygen atoms in total. The van der Waals surface area contributed by atoms with E-state index in [0.29, 0.717) is 5.41 Å². The van der Waals surface area contributed by atoms with Crippen molar-refractivity contribution in [1.29, 1.82) is 0 Å². The van der Waals surface area contributed by atoms with Gasteiger partial charge in [0.1, 0.15) is 0 Å². The van der Waals surface area contributed by atoms with Gasteiger partial charge >= 0.3 is 0 Å². The lowest BCUT2D eigenvalue weighted by Gasteiger charge is -2.37. The lowest BCUT2D eigenvalue weighted by molar-refractivity contribution is 0.131. The molecular weight excluding hydrogens is 184 g/mol. The van der Waals surface area contributed by atoms with Crippen LogP contribution in [-0.2, 0) is 12.8 Å². The minimum Gasteiger partial charge on any atom is -0.306 e. The predicted molar refractivity (Wildman–Crippen MR) is 60.8 cm³/mol. The van der Waals surface area contributed by atoms with Gasteiger partial charge in [0.2, 0.25) is 0 Å². The number of nitrogens with zero attached hydrogens (tertiary/aromatic N) is 2. The predicted octanol–water partition coefficient (Wildman–Crippen LogP) is 1.89. The average Bonchev–Trinajstić information content (AvgIpc) is 2.61. The summed E-state index contributed by atoms with van der Waals surface area (Å²) in [5.74, 6) is 0. The summed E-state index contributed by atoms with van der Waals surface area (Å²) in [4.78, 5) is 6.96. The molecule has 1 aromatic rings. The first-order valence-corrected chi connectivity index (χ1v) is 5.89. The third kappa shape index (κ3) is 1.57. The van der Waals surface area contributed by atoms with Gasteiger partial charge in [-0.15, -0.1) is 0 Å². The molecule has 0 amide bonds. The van der Waals surface area contributed by atoms with E-state index in [-0.39, 0.29) is 0 Å². The molecule has 1 aliphatic carbocycles. The van der Waals surface area contributed by atoms with Gasteiger partial charge < -0.3 is 4.90 Å². The maximum atomic E-state index is 4.51. The summed E-state index contributed by atoms with van der Waals surface area (Å²) in [6, 6.07) is 4.34. The maximum Gasteiger partial charge on any atom is 0.0441 e. The van der Waals surface area contributed by atoms with Crippen molar-refractivity contribution in [3.05, 3.63) is 29.6 Å². The molecule has 0 unspecified atom stereocenters. The summed E-state index contributed by atoms with van der Waals surface area (Å²) in [5.41, 5.74) is 3.42. The summed E-state index contributed by atoms with van der Waals surface area (Å²) in [7, 11) is 2.23. The van der Waals surface area contributed by atoms with E-state index in [0.717, 1.165) is 0 Å². The molecule has 80 valence electrons. The smallest absolute Gasteiger partial charge is 0.0441 e. The molecule has 1 aliphatic heterocycles. The number of hydrogen-bond acceptors (Lipinski definition) is 2. The van der Waals surface area contributed by atoms with Crippen LogP contribution in [0.1, 0.15) is 24.1 Å². The van der Waals surface area contributed by atoms with E-state index in [1.54, 1.807) is 0 Å². The Balaban J connectivity index is 1.83. The quantitative estimate of drug-likeness (QED) is 0.638. The van der Waals surface area contributed by atoms with Crippen molar-refractivity contribution in [3.63, 3.8) is 0 Å². The average molecular weight is 202 g/mol. The second kappa shape index (κ2) is 3.31. The van der Waals surface area contributed by atoms with Crippen LogP contribution in [0.25, 0.3) is 0 Å². The fourth-order valence-electron chi connectivity index (χ4n) is 3.06. The summed E-state index contributed by atoms with van der Waals surface area (Å²) in [5, 5.41) is 0. The molecule has 1 saturated heterocycles. The van der Waals surface area contributed by atoms with Crippen LogP contribution >= 0.6 is 0 Å². The highest BCUT2D eigenvalue weighted by atomic mass is 15.1. The molecular formula is C13H18N2. The van der Waals surface area contributed by atoms with Crippen molar-refractivity contribution in [2.45, 2.75) is 25.7 Å². The Bertz CT molecular complexity index is 338. The normalized spacial score (nSPS) is 24.3. The summed E-state index contributed by atoms with van der Waals surface area (Å²) in [6.45, 7) is 2.52. The molecule has 3 rings (SSSR count). The Morgan fingerprint density at radius 1 is 1.27 bits per heavy atom. The first kappa shape index (κ1) is 9.34. The largest absolute Gasteiger partial charge is 0.306 e. The molecule has 0 bridgehead atoms. The van der Waals surface area contributed by atoms with Crippen LogP contribution in [0.2, 0.25) is 0 Å². The van der Waals surface area contributed by atoms with E-state index in [1.165, 1.54) is 50.0 Å². The molecule has 15 heavy (non-hydrogen) atoms. The van der Waals surface area contributed by atoms with Crippen LogP contribution in [-0.4, -0.2) is 30.0 Å². The number of likely N-dealkylation sites (tertiary alicyclic amines) is 1. The molecule has 0 N–H and O–H groups in total. The van der Waals surface area contributed by atoms with Gasteiger partial charge in [-0.1, -0.05) is 6.07 Å². The topological polar surface area (TPSA) is 16.1 Å². The van der Waals surface area contributed by atoms with E-state index in [1.807, 2.05) is 6.20 Å². The van der Waals surface area contributed by atoms with Crippen LogP contribution < -0.4 is 0 Å². The van der Waals surface area contributed by atoms with E-state index in [4.69, 9.17) is 0 Å². The molecule has 2 heterocycles. The van der Waals surface area contributed by atoms with Crippen molar-refractivity contribution < 1.29 is 0 Å². The second-order valence-corrected chi connectivity index (χ2v) is 5.27. The van der Waals surface area contributed by atoms with E-state index >= 15 is 0 Å². The number of hydrogen-bond donors (Lipinski definition) is 0. The number of pyridine rings is 1. The van der Waals surface area contributed by atoms with Crippen molar-refractivity contribution in [3.8, 4) is 0 Å². The van der Waals surface area contributed by atoms with Gasteiger partial charge in [-0.25, -0.2) is 0 Å². The Hall–Kier alpha value is -0.890. The van der Waals surface area contributed by atoms with Gasteiger partial charge in [-0.3, -0.25) is 4.98 Å². The monoisotopic (exact) mass is 202 g/mol. The molecule has 0 aromatic carbocycles. The highest BCUT2D eigenvalue weighted by Gasteiger charge is 2.39. The van der Waals surface area contributed by atoms with Crippen molar-refractivity contribution in [1.82, 2.24) is 9.88 Å². The third-order valence-electron chi connectivity index (χ3n) is 4.14. The SMILES string of the molecule is CN1CCC2(CC1)Cc1cccnc1C2. The first-order valence-electron chi connectivity index (χ1n) is 5.89. The standard InChI is InChI=1S/C13H18N2/c1-15-7-4-13(5-8-15)9-11-3-2-6-14-12(11)10-13/h2-3,6H,4-5,7-10H2,1H3. The van der Waals surface area contributed by atoms with Gasteiger partial charge in [0, 0.05) is 11.9 Å². The van der Waals surface area contributed by atoms with Crippen molar-refractivity contribution in [2.24, 2.45) is 5.41 Å². The molecule has 1 aromatic heterocycles. The number of rotatable bonds is 0. The van der Waals surface area contributed by atoms with Crippen molar-refractivity contribution in [2.75, 3.05) is 20.1 Å². The van der Waals surface area contributed by atoms with Crippen LogP contribution in [0, 0.1) is 5.41 Å². The zero-order valence-electron chi connectivity index (χ0n) is 9.37. The molecule has 2 heteroatoms. The van der Waals surface area contributed by atoms with E-state index in [9.17, 15) is 0 Å². The zero-order chi connectivity index (χ0) is 10.3. The summed E-state index contributed by atoms with van der Waals surface area (Å²) in [6.07, 6.45) is 7.12. The highest BCUT2D eigenvalue weighted by molar-refractivity contribution is 5.28. The number of aromatic nitrogens is 1. The second-order valence-electron chi connectivity index (χ2n) is 5.27. The van der Waals surface area contributed by atoms with Gasteiger partial charge in [-0.05, 0) is 62.9 Å². The van der Waals surface area contributed by atoms with Gasteiger partial charge in [0.05, 0.1) is 0 Å². The molecule has 1 fully saturated rings. The Morgan fingerprint density at radius 2 is 2.07 bits per heavy atom. The van der Waals surface area contributed by atoms with Crippen molar-refractivity contribution >= 4 is 0 Å². The fraction of sp³-hybridized carbons (Fsp3) is 0.615. The van der Waals surface area contributed by atoms with Gasteiger partial charge in [0.25, 0.3) is 0 Å². The maximum absolute atomic E-state index is 4.51. The molecule has 2 aliphatic rings. The zero-order valence-corrected chi connectivity index (χ0v) is 9.37. The van der Waals surface area contributed by atoms with Crippen LogP contribution in [0.5, 0.6) is 0 Å². The Morgan fingerprint density at radius 3 is 2.80 bits per heavy atom. The molecule has 0 saturated carbocycles. The van der Waals surface area contributed by atoms with E-state index in [2.05, 4.69) is 29.1 Å². The minimum absolute atomic E-state index is 0.559. The number of fused-ring (bicyclic) bond motifs is 1. The summed E-state index contributed by atoms with van der Waals surface area (Å²) >= 11 is 0. The molecule has 0 radical (unpaired) electrons. The van der Waals surface area contributed by atoms with E-state index < -0.39 is 0 Å². The van der Waals surface area contributed by atoms with Gasteiger partial charge in [-0.2, -0.15) is 0 Å². The lowest BCUT2D eigenvalue weighted by atomic mass is 9.76. The van der Waals surface area contributed by atoms with Gasteiger partial charge in [0.15, 0.2) is 0 Å². The van der Waals surface area contributed by atoms with Crippen LogP contribution in [0.3, 0.4) is 0 Å². The highest BCUT2D eigenvalue weighted by Crippen LogP contribution is 2.43. The molecule has 0 atom stereocenters. The van der Waals surface area contributed by atoms with Crippen LogP contribution in [0.15, 0.2) is 18.3 Å². The summed E-state index contributed by atoms with van der Waals surface area (Å²) < 4.78 is 0. The lowest BCUT2D eigenvalue weighted by Crippen LogP contribution is -2.38. The Labute approximate surface area is 91.3 Å². The molecule has 1 spiro atoms. The fourth-order valence-corrected chi connectivity index (χ4v) is 3.06. The van der Waals surface area contributed by atoms with Crippen LogP contribution in [0.4, 0.5) is 0 Å². The first-order chi connectivity index (χ1) is 7.27. The Kier molecular flexibility index (Phi) is 2.06. The number of piperidine rings is 1. The third-order valence-corrected chi connectivity index (χ3v) is 4.14. The minimum atomic E-state index is 0.559.